The molecule has 0 N–H and O–H groups in total. The summed E-state index contributed by atoms with van der Waals surface area (Å²) in [5, 5.41) is 0. The highest BCUT2D eigenvalue weighted by atomic mass is 19.1. The van der Waals surface area contributed by atoms with Crippen molar-refractivity contribution in [2.45, 2.75) is 12.5 Å². The Hall–Kier alpha value is -1.22. The monoisotopic (exact) mass is 195 g/mol. The van der Waals surface area contributed by atoms with E-state index in [9.17, 15) is 9.18 Å². The first-order valence-electron chi connectivity index (χ1n) is 4.50. The Morgan fingerprint density at radius 1 is 1.50 bits per heavy atom. The zero-order valence-corrected chi connectivity index (χ0v) is 8.40. The van der Waals surface area contributed by atoms with E-state index in [1.165, 1.54) is 12.1 Å². The largest absolute Gasteiger partial charge is 0.303 e. The van der Waals surface area contributed by atoms with Crippen LogP contribution in [0.3, 0.4) is 0 Å². The predicted octanol–water partition coefficient (Wildman–Crippen LogP) is 2.02. The Kier molecular flexibility index (Phi) is 3.77. The standard InChI is InChI=1S/C11H14FNO/c1-13(2)11(6-7-14)9-4-3-5-10(12)8-9/h3-5,7-8,11H,6H2,1-2H3. The number of halogens is 1. The molecular formula is C11H14FNO. The highest BCUT2D eigenvalue weighted by molar-refractivity contribution is 5.51. The molecule has 0 fully saturated rings. The summed E-state index contributed by atoms with van der Waals surface area (Å²) in [7, 11) is 3.75. The number of nitrogens with zero attached hydrogens (tertiary/aromatic N) is 1. The molecule has 2 nitrogen and oxygen atoms in total. The molecule has 3 heteroatoms. The van der Waals surface area contributed by atoms with Crippen molar-refractivity contribution < 1.29 is 9.18 Å². The lowest BCUT2D eigenvalue weighted by molar-refractivity contribution is -0.108. The highest BCUT2D eigenvalue weighted by Gasteiger charge is 2.13. The summed E-state index contributed by atoms with van der Waals surface area (Å²) in [5.41, 5.74) is 0.835. The number of hydrogen-bond donors (Lipinski definition) is 0. The van der Waals surface area contributed by atoms with Gasteiger partial charge in [0, 0.05) is 12.5 Å². The average molecular weight is 195 g/mol. The van der Waals surface area contributed by atoms with Gasteiger partial charge in [-0.2, -0.15) is 0 Å². The summed E-state index contributed by atoms with van der Waals surface area (Å²) in [6.07, 6.45) is 1.24. The molecule has 1 atom stereocenters. The maximum Gasteiger partial charge on any atom is 0.123 e. The number of benzene rings is 1. The molecule has 0 bridgehead atoms. The second-order valence-electron chi connectivity index (χ2n) is 3.44. The van der Waals surface area contributed by atoms with Gasteiger partial charge in [-0.15, -0.1) is 0 Å². The Labute approximate surface area is 83.3 Å². The van der Waals surface area contributed by atoms with Gasteiger partial charge in [0.1, 0.15) is 12.1 Å². The van der Waals surface area contributed by atoms with E-state index >= 15 is 0 Å². The average Bonchev–Trinajstić information content (AvgIpc) is 2.13. The van der Waals surface area contributed by atoms with Gasteiger partial charge < -0.3 is 9.69 Å². The van der Waals surface area contributed by atoms with E-state index in [0.29, 0.717) is 6.42 Å². The molecule has 1 aromatic carbocycles. The van der Waals surface area contributed by atoms with Gasteiger partial charge >= 0.3 is 0 Å². The minimum atomic E-state index is -0.264. The van der Waals surface area contributed by atoms with Gasteiger partial charge in [0.25, 0.3) is 0 Å². The molecule has 0 aliphatic heterocycles. The van der Waals surface area contributed by atoms with E-state index in [4.69, 9.17) is 0 Å². The summed E-state index contributed by atoms with van der Waals surface area (Å²) >= 11 is 0. The number of carbonyl (C=O) groups is 1. The molecule has 0 aliphatic carbocycles. The second-order valence-corrected chi connectivity index (χ2v) is 3.44. The summed E-state index contributed by atoms with van der Waals surface area (Å²) in [5.74, 6) is -0.264. The van der Waals surface area contributed by atoms with Crippen molar-refractivity contribution in [3.05, 3.63) is 35.6 Å². The van der Waals surface area contributed by atoms with Crippen molar-refractivity contribution in [2.24, 2.45) is 0 Å². The first-order valence-corrected chi connectivity index (χ1v) is 4.50. The summed E-state index contributed by atoms with van der Waals surface area (Å²) in [4.78, 5) is 12.4. The zero-order valence-electron chi connectivity index (χ0n) is 8.40. The molecule has 1 rings (SSSR count). The summed E-state index contributed by atoms with van der Waals surface area (Å²) < 4.78 is 12.9. The van der Waals surface area contributed by atoms with E-state index in [-0.39, 0.29) is 11.9 Å². The van der Waals surface area contributed by atoms with Crippen LogP contribution in [0.4, 0.5) is 4.39 Å². The molecule has 0 aliphatic rings. The number of carbonyl (C=O) groups excluding carboxylic acids is 1. The zero-order chi connectivity index (χ0) is 10.6. The molecule has 0 amide bonds. The Balaban J connectivity index is 2.92. The predicted molar refractivity (Wildman–Crippen MR) is 53.5 cm³/mol. The number of rotatable bonds is 4. The van der Waals surface area contributed by atoms with Crippen LogP contribution in [0.5, 0.6) is 0 Å². The van der Waals surface area contributed by atoms with E-state index in [1.807, 2.05) is 25.1 Å². The summed E-state index contributed by atoms with van der Waals surface area (Å²) in [6.45, 7) is 0. The molecule has 0 aromatic heterocycles. The van der Waals surface area contributed by atoms with Crippen LogP contribution in [0, 0.1) is 5.82 Å². The fourth-order valence-electron chi connectivity index (χ4n) is 1.45. The molecule has 14 heavy (non-hydrogen) atoms. The van der Waals surface area contributed by atoms with Crippen LogP contribution in [0.2, 0.25) is 0 Å². The van der Waals surface area contributed by atoms with Crippen molar-refractivity contribution in [3.8, 4) is 0 Å². The lowest BCUT2D eigenvalue weighted by Gasteiger charge is -2.22. The van der Waals surface area contributed by atoms with E-state index in [0.717, 1.165) is 11.8 Å². The third-order valence-electron chi connectivity index (χ3n) is 2.18. The fourth-order valence-corrected chi connectivity index (χ4v) is 1.45. The maximum absolute atomic E-state index is 12.9. The fraction of sp³-hybridized carbons (Fsp3) is 0.364. The number of hydrogen-bond acceptors (Lipinski definition) is 2. The van der Waals surface area contributed by atoms with Crippen molar-refractivity contribution in [3.63, 3.8) is 0 Å². The lowest BCUT2D eigenvalue weighted by atomic mass is 10.0. The van der Waals surface area contributed by atoms with Crippen LogP contribution in [0.1, 0.15) is 18.0 Å². The van der Waals surface area contributed by atoms with Crippen molar-refractivity contribution >= 4 is 6.29 Å². The van der Waals surface area contributed by atoms with Crippen molar-refractivity contribution in [1.82, 2.24) is 4.90 Å². The first kappa shape index (κ1) is 10.9. The lowest BCUT2D eigenvalue weighted by Crippen LogP contribution is -2.20. The smallest absolute Gasteiger partial charge is 0.123 e. The van der Waals surface area contributed by atoms with E-state index < -0.39 is 0 Å². The molecule has 0 heterocycles. The molecule has 76 valence electrons. The molecule has 0 spiro atoms. The van der Waals surface area contributed by atoms with Crippen LogP contribution in [-0.4, -0.2) is 25.3 Å². The van der Waals surface area contributed by atoms with Gasteiger partial charge in [0.05, 0.1) is 0 Å². The van der Waals surface area contributed by atoms with Crippen LogP contribution in [0.25, 0.3) is 0 Å². The normalized spacial score (nSPS) is 12.9. The van der Waals surface area contributed by atoms with Gasteiger partial charge in [-0.3, -0.25) is 0 Å². The maximum atomic E-state index is 12.9. The molecule has 0 saturated heterocycles. The minimum Gasteiger partial charge on any atom is -0.303 e. The van der Waals surface area contributed by atoms with Crippen LogP contribution in [0.15, 0.2) is 24.3 Å². The van der Waals surface area contributed by atoms with Crippen molar-refractivity contribution in [2.75, 3.05) is 14.1 Å². The SMILES string of the molecule is CN(C)C(CC=O)c1cccc(F)c1. The van der Waals surface area contributed by atoms with Crippen LogP contribution >= 0.6 is 0 Å². The third kappa shape index (κ3) is 2.64. The molecule has 0 radical (unpaired) electrons. The van der Waals surface area contributed by atoms with Gasteiger partial charge in [0.15, 0.2) is 0 Å². The third-order valence-corrected chi connectivity index (χ3v) is 2.18. The van der Waals surface area contributed by atoms with Gasteiger partial charge in [0.2, 0.25) is 0 Å². The van der Waals surface area contributed by atoms with Crippen molar-refractivity contribution in [1.29, 1.82) is 0 Å². The Morgan fingerprint density at radius 2 is 2.21 bits per heavy atom. The Bertz CT molecular complexity index is 312. The minimum absolute atomic E-state index is 0.0387. The van der Waals surface area contributed by atoms with Gasteiger partial charge in [-0.1, -0.05) is 12.1 Å². The van der Waals surface area contributed by atoms with E-state index in [2.05, 4.69) is 0 Å². The van der Waals surface area contributed by atoms with Gasteiger partial charge in [-0.05, 0) is 31.8 Å². The topological polar surface area (TPSA) is 20.3 Å². The summed E-state index contributed by atoms with van der Waals surface area (Å²) in [6, 6.07) is 6.32. The highest BCUT2D eigenvalue weighted by Crippen LogP contribution is 2.21. The first-order chi connectivity index (χ1) is 6.65. The quantitative estimate of drug-likeness (QED) is 0.685. The second kappa shape index (κ2) is 4.86. The molecular weight excluding hydrogens is 181 g/mol. The Morgan fingerprint density at radius 3 is 2.71 bits per heavy atom. The molecule has 0 saturated carbocycles. The molecule has 1 aromatic rings. The molecule has 1 unspecified atom stereocenters. The van der Waals surface area contributed by atoms with Crippen LogP contribution in [-0.2, 0) is 4.79 Å². The van der Waals surface area contributed by atoms with Crippen LogP contribution < -0.4 is 0 Å². The van der Waals surface area contributed by atoms with Gasteiger partial charge in [-0.25, -0.2) is 4.39 Å². The number of aldehydes is 1. The van der Waals surface area contributed by atoms with E-state index in [1.54, 1.807) is 6.07 Å².